The summed E-state index contributed by atoms with van der Waals surface area (Å²) < 4.78 is 0. The van der Waals surface area contributed by atoms with E-state index in [1.807, 2.05) is 6.08 Å². The van der Waals surface area contributed by atoms with Gasteiger partial charge in [-0.2, -0.15) is 0 Å². The van der Waals surface area contributed by atoms with Crippen LogP contribution in [0.15, 0.2) is 12.7 Å². The number of rotatable bonds is 10. The minimum atomic E-state index is -0.625. The van der Waals surface area contributed by atoms with Crippen LogP contribution in [0.2, 0.25) is 0 Å². The molecule has 0 aliphatic heterocycles. The molecule has 0 spiro atoms. The fraction of sp³-hybridized carbons (Fsp3) is 0.786. The van der Waals surface area contributed by atoms with Crippen LogP contribution in [0.1, 0.15) is 58.8 Å². The Morgan fingerprint density at radius 1 is 1.25 bits per heavy atom. The number of hydrogen-bond acceptors (Lipinski definition) is 1. The fourth-order valence-electron chi connectivity index (χ4n) is 1.94. The highest BCUT2D eigenvalue weighted by molar-refractivity contribution is 5.69. The minimum Gasteiger partial charge on any atom is -0.481 e. The zero-order chi connectivity index (χ0) is 12.4. The number of carboxylic acid groups (broad SMARTS) is 1. The Kier molecular flexibility index (Phi) is 8.97. The number of hydrogen-bond donors (Lipinski definition) is 1. The zero-order valence-electron chi connectivity index (χ0n) is 10.7. The van der Waals surface area contributed by atoms with Gasteiger partial charge in [-0.25, -0.2) is 0 Å². The van der Waals surface area contributed by atoms with Gasteiger partial charge in [0.25, 0.3) is 0 Å². The Hall–Kier alpha value is -0.790. The topological polar surface area (TPSA) is 37.3 Å². The van der Waals surface area contributed by atoms with Gasteiger partial charge < -0.3 is 5.11 Å². The van der Waals surface area contributed by atoms with E-state index in [-0.39, 0.29) is 5.92 Å². The van der Waals surface area contributed by atoms with Gasteiger partial charge in [0.15, 0.2) is 0 Å². The van der Waals surface area contributed by atoms with E-state index in [4.69, 9.17) is 5.11 Å². The standard InChI is InChI=1S/C14H26O2/c1-4-5-6-7-8-9-10-13(14(15)16)11-12(2)3/h4,12-13H,1,5-11H2,2-3H3,(H,15,16). The van der Waals surface area contributed by atoms with Crippen molar-refractivity contribution >= 4 is 5.97 Å². The Labute approximate surface area is 99.7 Å². The third-order valence-corrected chi connectivity index (χ3v) is 2.82. The van der Waals surface area contributed by atoms with Crippen molar-refractivity contribution in [3.63, 3.8) is 0 Å². The van der Waals surface area contributed by atoms with Crippen LogP contribution in [-0.2, 0) is 4.79 Å². The average molecular weight is 226 g/mol. The summed E-state index contributed by atoms with van der Waals surface area (Å²) in [5.41, 5.74) is 0. The van der Waals surface area contributed by atoms with E-state index in [1.165, 1.54) is 12.8 Å². The summed E-state index contributed by atoms with van der Waals surface area (Å²) in [4.78, 5) is 11.0. The summed E-state index contributed by atoms with van der Waals surface area (Å²) in [6.45, 7) is 7.85. The second-order valence-electron chi connectivity index (χ2n) is 4.94. The summed E-state index contributed by atoms with van der Waals surface area (Å²) in [7, 11) is 0. The SMILES string of the molecule is C=CCCCCCCC(CC(C)C)C(=O)O. The molecule has 0 aromatic carbocycles. The Morgan fingerprint density at radius 2 is 1.88 bits per heavy atom. The maximum absolute atomic E-state index is 11.0. The van der Waals surface area contributed by atoms with E-state index in [9.17, 15) is 4.79 Å². The predicted octanol–water partition coefficient (Wildman–Crippen LogP) is 4.26. The third-order valence-electron chi connectivity index (χ3n) is 2.82. The van der Waals surface area contributed by atoms with Crippen molar-refractivity contribution in [2.24, 2.45) is 11.8 Å². The van der Waals surface area contributed by atoms with Gasteiger partial charge in [-0.05, 0) is 31.6 Å². The van der Waals surface area contributed by atoms with E-state index in [1.54, 1.807) is 0 Å². The summed E-state index contributed by atoms with van der Waals surface area (Å²) in [5.74, 6) is -0.291. The summed E-state index contributed by atoms with van der Waals surface area (Å²) >= 11 is 0. The molecular weight excluding hydrogens is 200 g/mol. The Bertz CT molecular complexity index is 197. The van der Waals surface area contributed by atoms with Crippen molar-refractivity contribution in [1.82, 2.24) is 0 Å². The van der Waals surface area contributed by atoms with E-state index in [0.717, 1.165) is 32.1 Å². The average Bonchev–Trinajstić information content (AvgIpc) is 2.20. The first-order valence-corrected chi connectivity index (χ1v) is 6.41. The van der Waals surface area contributed by atoms with Crippen molar-refractivity contribution in [3.8, 4) is 0 Å². The molecule has 1 atom stereocenters. The maximum atomic E-state index is 11.0. The first-order valence-electron chi connectivity index (χ1n) is 6.41. The van der Waals surface area contributed by atoms with Crippen LogP contribution in [0.4, 0.5) is 0 Å². The van der Waals surface area contributed by atoms with Gasteiger partial charge in [-0.3, -0.25) is 4.79 Å². The molecule has 0 saturated carbocycles. The molecular formula is C14H26O2. The van der Waals surface area contributed by atoms with Gasteiger partial charge >= 0.3 is 5.97 Å². The summed E-state index contributed by atoms with van der Waals surface area (Å²) in [6, 6.07) is 0. The summed E-state index contributed by atoms with van der Waals surface area (Å²) in [5, 5.41) is 9.05. The molecule has 1 unspecified atom stereocenters. The first-order chi connectivity index (χ1) is 7.57. The molecule has 0 aromatic rings. The van der Waals surface area contributed by atoms with Gasteiger partial charge in [0.05, 0.1) is 5.92 Å². The van der Waals surface area contributed by atoms with E-state index in [0.29, 0.717) is 5.92 Å². The molecule has 0 fully saturated rings. The lowest BCUT2D eigenvalue weighted by Gasteiger charge is -2.14. The van der Waals surface area contributed by atoms with Crippen LogP contribution in [-0.4, -0.2) is 11.1 Å². The molecule has 2 nitrogen and oxygen atoms in total. The molecule has 0 aromatic heterocycles. The maximum Gasteiger partial charge on any atom is 0.306 e. The lowest BCUT2D eigenvalue weighted by molar-refractivity contribution is -0.142. The number of allylic oxidation sites excluding steroid dienone is 1. The number of unbranched alkanes of at least 4 members (excludes halogenated alkanes) is 4. The molecule has 0 heterocycles. The molecule has 94 valence electrons. The summed E-state index contributed by atoms with van der Waals surface area (Å²) in [6.07, 6.45) is 9.23. The normalized spacial score (nSPS) is 12.7. The van der Waals surface area contributed by atoms with Crippen molar-refractivity contribution < 1.29 is 9.90 Å². The lowest BCUT2D eigenvalue weighted by atomic mass is 9.92. The predicted molar refractivity (Wildman–Crippen MR) is 68.5 cm³/mol. The molecule has 2 heteroatoms. The van der Waals surface area contributed by atoms with Gasteiger partial charge in [0.2, 0.25) is 0 Å². The van der Waals surface area contributed by atoms with Crippen molar-refractivity contribution in [2.75, 3.05) is 0 Å². The third kappa shape index (κ3) is 8.51. The van der Waals surface area contributed by atoms with Crippen LogP contribution < -0.4 is 0 Å². The molecule has 0 bridgehead atoms. The molecule has 16 heavy (non-hydrogen) atoms. The van der Waals surface area contributed by atoms with Crippen molar-refractivity contribution in [3.05, 3.63) is 12.7 Å². The second-order valence-corrected chi connectivity index (χ2v) is 4.94. The Balaban J connectivity index is 3.60. The smallest absolute Gasteiger partial charge is 0.306 e. The zero-order valence-corrected chi connectivity index (χ0v) is 10.7. The Morgan fingerprint density at radius 3 is 2.38 bits per heavy atom. The van der Waals surface area contributed by atoms with Gasteiger partial charge in [-0.1, -0.05) is 39.2 Å². The van der Waals surface area contributed by atoms with Crippen LogP contribution >= 0.6 is 0 Å². The highest BCUT2D eigenvalue weighted by atomic mass is 16.4. The van der Waals surface area contributed by atoms with Gasteiger partial charge in [-0.15, -0.1) is 6.58 Å². The van der Waals surface area contributed by atoms with Crippen LogP contribution in [0.5, 0.6) is 0 Å². The molecule has 0 saturated heterocycles. The van der Waals surface area contributed by atoms with E-state index >= 15 is 0 Å². The van der Waals surface area contributed by atoms with Gasteiger partial charge in [0.1, 0.15) is 0 Å². The largest absolute Gasteiger partial charge is 0.481 e. The van der Waals surface area contributed by atoms with Crippen LogP contribution in [0.3, 0.4) is 0 Å². The molecule has 0 radical (unpaired) electrons. The highest BCUT2D eigenvalue weighted by Crippen LogP contribution is 2.19. The number of carboxylic acids is 1. The van der Waals surface area contributed by atoms with Gasteiger partial charge in [0, 0.05) is 0 Å². The molecule has 0 aliphatic carbocycles. The fourth-order valence-corrected chi connectivity index (χ4v) is 1.94. The van der Waals surface area contributed by atoms with Crippen LogP contribution in [0, 0.1) is 11.8 Å². The molecule has 1 N–H and O–H groups in total. The quantitative estimate of drug-likeness (QED) is 0.446. The second kappa shape index (κ2) is 9.44. The van der Waals surface area contributed by atoms with Crippen LogP contribution in [0.25, 0.3) is 0 Å². The van der Waals surface area contributed by atoms with Crippen molar-refractivity contribution in [2.45, 2.75) is 58.8 Å². The molecule has 0 aliphatic rings. The van der Waals surface area contributed by atoms with Crippen molar-refractivity contribution in [1.29, 1.82) is 0 Å². The molecule has 0 rings (SSSR count). The number of aliphatic carboxylic acids is 1. The van der Waals surface area contributed by atoms with E-state index < -0.39 is 5.97 Å². The van der Waals surface area contributed by atoms with E-state index in [2.05, 4.69) is 20.4 Å². The highest BCUT2D eigenvalue weighted by Gasteiger charge is 2.17. The first kappa shape index (κ1) is 15.2. The minimum absolute atomic E-state index is 0.139. The molecule has 0 amide bonds. The lowest BCUT2D eigenvalue weighted by Crippen LogP contribution is -2.15. The monoisotopic (exact) mass is 226 g/mol. The number of carbonyl (C=O) groups is 1.